The molecule has 1 aromatic rings. The fraction of sp³-hybridized carbons (Fsp3) is 0.455. The third-order valence-corrected chi connectivity index (χ3v) is 2.70. The van der Waals surface area contributed by atoms with Crippen molar-refractivity contribution < 1.29 is 14.6 Å². The van der Waals surface area contributed by atoms with Crippen LogP contribution in [0.1, 0.15) is 10.7 Å². The molecule has 1 rings (SSSR count). The predicted molar refractivity (Wildman–Crippen MR) is 66.8 cm³/mol. The normalized spacial score (nSPS) is 12.9. The molecule has 0 spiro atoms. The number of aryl methyl sites for hydroxylation is 1. The second-order valence-corrected chi connectivity index (χ2v) is 4.54. The Kier molecular flexibility index (Phi) is 5.82. The Morgan fingerprint density at radius 2 is 2.53 bits per heavy atom. The minimum absolute atomic E-state index is 0.174. The maximum Gasteiger partial charge on any atom is 0.244 e. The maximum atomic E-state index is 11.4. The van der Waals surface area contributed by atoms with E-state index in [1.807, 2.05) is 12.3 Å². The van der Waals surface area contributed by atoms with Gasteiger partial charge in [0.05, 0.1) is 23.4 Å². The number of rotatable bonds is 6. The molecule has 5 nitrogen and oxygen atoms in total. The first kappa shape index (κ1) is 13.8. The zero-order valence-corrected chi connectivity index (χ0v) is 10.7. The quantitative estimate of drug-likeness (QED) is 0.731. The van der Waals surface area contributed by atoms with Crippen LogP contribution >= 0.6 is 11.3 Å². The summed E-state index contributed by atoms with van der Waals surface area (Å²) in [5, 5.41) is 14.7. The summed E-state index contributed by atoms with van der Waals surface area (Å²) in [6.45, 7) is 2.28. The Balaban J connectivity index is 2.32. The molecular formula is C11H16N2O3S. The molecule has 0 bridgehead atoms. The Labute approximate surface area is 104 Å². The molecule has 0 aliphatic heterocycles. The number of carbonyl (C=O) groups is 1. The van der Waals surface area contributed by atoms with Gasteiger partial charge in [0.2, 0.25) is 5.91 Å². The van der Waals surface area contributed by atoms with Gasteiger partial charge in [-0.2, -0.15) is 0 Å². The first-order chi connectivity index (χ1) is 8.11. The van der Waals surface area contributed by atoms with Crippen LogP contribution in [0, 0.1) is 6.92 Å². The minimum atomic E-state index is -0.682. The van der Waals surface area contributed by atoms with Crippen LogP contribution in [-0.4, -0.2) is 42.4 Å². The molecule has 1 amide bonds. The average molecular weight is 256 g/mol. The van der Waals surface area contributed by atoms with E-state index in [2.05, 4.69) is 10.3 Å². The summed E-state index contributed by atoms with van der Waals surface area (Å²) in [5.74, 6) is -0.259. The monoisotopic (exact) mass is 256 g/mol. The molecule has 1 unspecified atom stereocenters. The van der Waals surface area contributed by atoms with Crippen molar-refractivity contribution in [2.45, 2.75) is 13.0 Å². The molecule has 17 heavy (non-hydrogen) atoms. The van der Waals surface area contributed by atoms with Crippen LogP contribution in [0.2, 0.25) is 0 Å². The van der Waals surface area contributed by atoms with Crippen molar-refractivity contribution in [2.24, 2.45) is 0 Å². The number of ether oxygens (including phenoxy) is 1. The van der Waals surface area contributed by atoms with E-state index in [1.165, 1.54) is 24.5 Å². The topological polar surface area (TPSA) is 71.5 Å². The molecule has 0 aromatic carbocycles. The van der Waals surface area contributed by atoms with Gasteiger partial charge in [-0.15, -0.1) is 11.3 Å². The third-order valence-electron chi connectivity index (χ3n) is 1.91. The molecule has 0 radical (unpaired) electrons. The molecule has 2 N–H and O–H groups in total. The highest BCUT2D eigenvalue weighted by Crippen LogP contribution is 2.08. The number of aliphatic hydroxyl groups excluding tert-OH is 1. The molecule has 0 saturated carbocycles. The number of hydrogen-bond donors (Lipinski definition) is 2. The third kappa shape index (κ3) is 5.58. The van der Waals surface area contributed by atoms with E-state index in [1.54, 1.807) is 6.08 Å². The number of hydrogen-bond acceptors (Lipinski definition) is 5. The Morgan fingerprint density at radius 3 is 3.12 bits per heavy atom. The van der Waals surface area contributed by atoms with E-state index >= 15 is 0 Å². The number of nitrogens with one attached hydrogen (secondary N) is 1. The van der Waals surface area contributed by atoms with Crippen molar-refractivity contribution in [3.63, 3.8) is 0 Å². The maximum absolute atomic E-state index is 11.4. The van der Waals surface area contributed by atoms with Crippen LogP contribution in [0.15, 0.2) is 11.5 Å². The number of aromatic nitrogens is 1. The molecular weight excluding hydrogens is 240 g/mol. The van der Waals surface area contributed by atoms with Crippen LogP contribution in [0.4, 0.5) is 0 Å². The van der Waals surface area contributed by atoms with Gasteiger partial charge in [-0.1, -0.05) is 0 Å². The van der Waals surface area contributed by atoms with Crippen molar-refractivity contribution in [1.29, 1.82) is 0 Å². The number of carbonyl (C=O) groups excluding carboxylic acids is 1. The standard InChI is InChI=1S/C11H16N2O3S/c1-8-13-9(7-17-8)3-4-11(15)12-5-10(14)6-16-2/h3-4,7,10,14H,5-6H2,1-2H3,(H,12,15). The van der Waals surface area contributed by atoms with Crippen LogP contribution in [0.5, 0.6) is 0 Å². The molecule has 0 aliphatic rings. The van der Waals surface area contributed by atoms with Gasteiger partial charge in [0.25, 0.3) is 0 Å². The van der Waals surface area contributed by atoms with E-state index in [4.69, 9.17) is 4.74 Å². The second-order valence-electron chi connectivity index (χ2n) is 3.48. The SMILES string of the molecule is COCC(O)CNC(=O)C=Cc1csc(C)n1. The highest BCUT2D eigenvalue weighted by Gasteiger charge is 2.04. The molecule has 1 atom stereocenters. The van der Waals surface area contributed by atoms with Crippen molar-refractivity contribution in [1.82, 2.24) is 10.3 Å². The van der Waals surface area contributed by atoms with E-state index in [0.717, 1.165) is 10.7 Å². The number of amides is 1. The van der Waals surface area contributed by atoms with Crippen molar-refractivity contribution >= 4 is 23.3 Å². The van der Waals surface area contributed by atoms with Crippen LogP contribution in [0.3, 0.4) is 0 Å². The zero-order chi connectivity index (χ0) is 12.7. The summed E-state index contributed by atoms with van der Waals surface area (Å²) >= 11 is 1.53. The Bertz CT molecular complexity index is 390. The lowest BCUT2D eigenvalue weighted by Crippen LogP contribution is -2.33. The first-order valence-corrected chi connectivity index (χ1v) is 6.05. The van der Waals surface area contributed by atoms with E-state index in [0.29, 0.717) is 0 Å². The van der Waals surface area contributed by atoms with Gasteiger partial charge in [0.15, 0.2) is 0 Å². The fourth-order valence-electron chi connectivity index (χ4n) is 1.15. The largest absolute Gasteiger partial charge is 0.389 e. The zero-order valence-electron chi connectivity index (χ0n) is 9.84. The van der Waals surface area contributed by atoms with Crippen molar-refractivity contribution in [3.05, 3.63) is 22.2 Å². The minimum Gasteiger partial charge on any atom is -0.389 e. The Hall–Kier alpha value is -1.24. The molecule has 0 fully saturated rings. The Morgan fingerprint density at radius 1 is 1.76 bits per heavy atom. The van der Waals surface area contributed by atoms with Gasteiger partial charge in [-0.05, 0) is 13.0 Å². The lowest BCUT2D eigenvalue weighted by Gasteiger charge is -2.08. The highest BCUT2D eigenvalue weighted by molar-refractivity contribution is 7.09. The fourth-order valence-corrected chi connectivity index (χ4v) is 1.73. The molecule has 0 aliphatic carbocycles. The van der Waals surface area contributed by atoms with E-state index < -0.39 is 6.10 Å². The van der Waals surface area contributed by atoms with Gasteiger partial charge in [-0.3, -0.25) is 4.79 Å². The number of aliphatic hydroxyl groups is 1. The number of methoxy groups -OCH3 is 1. The average Bonchev–Trinajstić information content (AvgIpc) is 2.70. The summed E-state index contributed by atoms with van der Waals surface area (Å²) in [6, 6.07) is 0. The number of thiazole rings is 1. The first-order valence-electron chi connectivity index (χ1n) is 5.17. The van der Waals surface area contributed by atoms with E-state index in [9.17, 15) is 9.90 Å². The van der Waals surface area contributed by atoms with E-state index in [-0.39, 0.29) is 19.1 Å². The van der Waals surface area contributed by atoms with Gasteiger partial charge < -0.3 is 15.2 Å². The van der Waals surface area contributed by atoms with Gasteiger partial charge in [0.1, 0.15) is 0 Å². The predicted octanol–water partition coefficient (Wildman–Crippen LogP) is 0.588. The van der Waals surface area contributed by atoms with Crippen molar-refractivity contribution in [3.8, 4) is 0 Å². The van der Waals surface area contributed by atoms with Gasteiger partial charge in [-0.25, -0.2) is 4.98 Å². The molecule has 6 heteroatoms. The summed E-state index contributed by atoms with van der Waals surface area (Å²) in [7, 11) is 1.50. The lowest BCUT2D eigenvalue weighted by molar-refractivity contribution is -0.117. The summed E-state index contributed by atoms with van der Waals surface area (Å²) in [6.07, 6.45) is 2.36. The highest BCUT2D eigenvalue weighted by atomic mass is 32.1. The smallest absolute Gasteiger partial charge is 0.244 e. The van der Waals surface area contributed by atoms with Crippen molar-refractivity contribution in [2.75, 3.05) is 20.3 Å². The van der Waals surface area contributed by atoms with Crippen LogP contribution in [-0.2, 0) is 9.53 Å². The summed E-state index contributed by atoms with van der Waals surface area (Å²) in [5.41, 5.74) is 0.764. The van der Waals surface area contributed by atoms with Gasteiger partial charge >= 0.3 is 0 Å². The van der Waals surface area contributed by atoms with Gasteiger partial charge in [0, 0.05) is 25.1 Å². The molecule has 1 aromatic heterocycles. The lowest BCUT2D eigenvalue weighted by atomic mass is 10.3. The number of nitrogens with zero attached hydrogens (tertiary/aromatic N) is 1. The van der Waals surface area contributed by atoms with Crippen LogP contribution in [0.25, 0.3) is 6.08 Å². The summed E-state index contributed by atoms with van der Waals surface area (Å²) in [4.78, 5) is 15.5. The molecule has 94 valence electrons. The summed E-state index contributed by atoms with van der Waals surface area (Å²) < 4.78 is 4.74. The molecule has 0 saturated heterocycles. The van der Waals surface area contributed by atoms with Crippen LogP contribution < -0.4 is 5.32 Å². The molecule has 1 heterocycles. The second kappa shape index (κ2) is 7.16.